The summed E-state index contributed by atoms with van der Waals surface area (Å²) in [6, 6.07) is 11.8. The van der Waals surface area contributed by atoms with E-state index in [0.717, 1.165) is 23.9 Å². The van der Waals surface area contributed by atoms with E-state index in [1.807, 2.05) is 0 Å². The van der Waals surface area contributed by atoms with E-state index in [9.17, 15) is 18.0 Å². The number of rotatable bonds is 9. The van der Waals surface area contributed by atoms with Crippen LogP contribution in [0.5, 0.6) is 5.75 Å². The van der Waals surface area contributed by atoms with Crippen molar-refractivity contribution in [1.82, 2.24) is 20.1 Å². The summed E-state index contributed by atoms with van der Waals surface area (Å²) in [5, 5.41) is 11.3. The number of alkyl halides is 3. The Kier molecular flexibility index (Phi) is 7.75. The second-order valence-electron chi connectivity index (χ2n) is 6.55. The normalized spacial score (nSPS) is 11.4. The Morgan fingerprint density at radius 2 is 1.88 bits per heavy atom. The van der Waals surface area contributed by atoms with E-state index in [2.05, 4.69) is 15.5 Å². The number of methoxy groups -OCH3 is 2. The van der Waals surface area contributed by atoms with Gasteiger partial charge in [0, 0.05) is 19.2 Å². The van der Waals surface area contributed by atoms with Crippen molar-refractivity contribution in [2.75, 3.05) is 33.1 Å². The lowest BCUT2D eigenvalue weighted by atomic mass is 10.1. The number of ether oxygens (including phenoxy) is 2. The van der Waals surface area contributed by atoms with Crippen molar-refractivity contribution in [2.24, 2.45) is 0 Å². The van der Waals surface area contributed by atoms with E-state index in [0.29, 0.717) is 30.3 Å². The molecule has 0 atom stereocenters. The SMILES string of the molecule is COCCNC(=O)CSc1nnc(-c2ccc(OC)cc2)n1-c1cccc(C(F)(F)F)c1. The van der Waals surface area contributed by atoms with Crippen LogP contribution in [0.15, 0.2) is 53.7 Å². The Bertz CT molecular complexity index is 1060. The van der Waals surface area contributed by atoms with Gasteiger partial charge >= 0.3 is 6.18 Å². The van der Waals surface area contributed by atoms with Crippen LogP contribution < -0.4 is 10.1 Å². The Morgan fingerprint density at radius 3 is 2.53 bits per heavy atom. The van der Waals surface area contributed by atoms with Gasteiger partial charge in [-0.2, -0.15) is 13.2 Å². The average molecular weight is 466 g/mol. The van der Waals surface area contributed by atoms with Gasteiger partial charge in [-0.3, -0.25) is 9.36 Å². The predicted molar refractivity (Wildman–Crippen MR) is 114 cm³/mol. The van der Waals surface area contributed by atoms with Crippen LogP contribution in [0, 0.1) is 0 Å². The number of carbonyl (C=O) groups excluding carboxylic acids is 1. The van der Waals surface area contributed by atoms with Gasteiger partial charge in [0.15, 0.2) is 11.0 Å². The van der Waals surface area contributed by atoms with Crippen LogP contribution in [-0.4, -0.2) is 53.8 Å². The molecule has 0 aliphatic carbocycles. The van der Waals surface area contributed by atoms with Crippen molar-refractivity contribution in [3.05, 3.63) is 54.1 Å². The first-order valence-electron chi connectivity index (χ1n) is 9.49. The largest absolute Gasteiger partial charge is 0.497 e. The fraction of sp³-hybridized carbons (Fsp3) is 0.286. The molecule has 0 saturated heterocycles. The summed E-state index contributed by atoms with van der Waals surface area (Å²) in [5.41, 5.74) is 0.0719. The third kappa shape index (κ3) is 5.80. The summed E-state index contributed by atoms with van der Waals surface area (Å²) < 4.78 is 51.4. The van der Waals surface area contributed by atoms with Crippen molar-refractivity contribution in [3.63, 3.8) is 0 Å². The zero-order valence-electron chi connectivity index (χ0n) is 17.3. The lowest BCUT2D eigenvalue weighted by molar-refractivity contribution is -0.137. The van der Waals surface area contributed by atoms with Crippen LogP contribution in [0.4, 0.5) is 13.2 Å². The molecular weight excluding hydrogens is 445 g/mol. The summed E-state index contributed by atoms with van der Waals surface area (Å²) in [6.07, 6.45) is -4.50. The van der Waals surface area contributed by atoms with Crippen LogP contribution >= 0.6 is 11.8 Å². The van der Waals surface area contributed by atoms with Gasteiger partial charge < -0.3 is 14.8 Å². The maximum atomic E-state index is 13.3. The molecular formula is C21H21F3N4O3S. The van der Waals surface area contributed by atoms with Crippen molar-refractivity contribution >= 4 is 17.7 Å². The molecule has 0 bridgehead atoms. The monoisotopic (exact) mass is 466 g/mol. The number of nitrogens with one attached hydrogen (secondary N) is 1. The molecule has 0 aliphatic rings. The van der Waals surface area contributed by atoms with Crippen LogP contribution in [0.25, 0.3) is 17.1 Å². The molecule has 0 spiro atoms. The molecule has 170 valence electrons. The smallest absolute Gasteiger partial charge is 0.416 e. The van der Waals surface area contributed by atoms with E-state index in [1.54, 1.807) is 24.3 Å². The van der Waals surface area contributed by atoms with E-state index >= 15 is 0 Å². The highest BCUT2D eigenvalue weighted by atomic mass is 32.2. The van der Waals surface area contributed by atoms with Crippen LogP contribution in [0.1, 0.15) is 5.56 Å². The first kappa shape index (κ1) is 23.6. The van der Waals surface area contributed by atoms with Gasteiger partial charge in [-0.1, -0.05) is 17.8 Å². The molecule has 1 N–H and O–H groups in total. The third-order valence-electron chi connectivity index (χ3n) is 4.37. The Balaban J connectivity index is 1.97. The van der Waals surface area contributed by atoms with Crippen LogP contribution in [-0.2, 0) is 15.7 Å². The molecule has 32 heavy (non-hydrogen) atoms. The molecule has 0 unspecified atom stereocenters. The first-order chi connectivity index (χ1) is 15.3. The summed E-state index contributed by atoms with van der Waals surface area (Å²) in [5.74, 6) is 0.732. The van der Waals surface area contributed by atoms with E-state index in [-0.39, 0.29) is 22.5 Å². The van der Waals surface area contributed by atoms with Gasteiger partial charge in [0.25, 0.3) is 0 Å². The lowest BCUT2D eigenvalue weighted by Gasteiger charge is -2.13. The number of halogens is 3. The zero-order chi connectivity index (χ0) is 23.1. The van der Waals surface area contributed by atoms with Gasteiger partial charge in [-0.25, -0.2) is 0 Å². The number of benzene rings is 2. The first-order valence-corrected chi connectivity index (χ1v) is 10.5. The number of carbonyl (C=O) groups is 1. The fourth-order valence-corrected chi connectivity index (χ4v) is 3.60. The summed E-state index contributed by atoms with van der Waals surface area (Å²) in [6.45, 7) is 0.728. The Morgan fingerprint density at radius 1 is 1.12 bits per heavy atom. The summed E-state index contributed by atoms with van der Waals surface area (Å²) in [7, 11) is 3.06. The van der Waals surface area contributed by atoms with E-state index in [1.165, 1.54) is 30.9 Å². The highest BCUT2D eigenvalue weighted by Gasteiger charge is 2.31. The molecule has 1 heterocycles. The molecule has 3 aromatic rings. The molecule has 0 aliphatic heterocycles. The number of aromatic nitrogens is 3. The maximum absolute atomic E-state index is 13.3. The number of nitrogens with zero attached hydrogens (tertiary/aromatic N) is 3. The number of thioether (sulfide) groups is 1. The average Bonchev–Trinajstić information content (AvgIpc) is 3.21. The molecule has 3 rings (SSSR count). The molecule has 0 saturated carbocycles. The van der Waals surface area contributed by atoms with Gasteiger partial charge in [-0.15, -0.1) is 10.2 Å². The summed E-state index contributed by atoms with van der Waals surface area (Å²) in [4.78, 5) is 12.1. The van der Waals surface area contributed by atoms with Crippen LogP contribution in [0.3, 0.4) is 0 Å². The molecule has 11 heteroatoms. The topological polar surface area (TPSA) is 78.3 Å². The molecule has 0 fully saturated rings. The minimum Gasteiger partial charge on any atom is -0.497 e. The Hall–Kier alpha value is -3.05. The molecule has 1 amide bonds. The third-order valence-corrected chi connectivity index (χ3v) is 5.30. The molecule has 2 aromatic carbocycles. The number of amides is 1. The van der Waals surface area contributed by atoms with Gasteiger partial charge in [0.1, 0.15) is 5.75 Å². The van der Waals surface area contributed by atoms with Crippen molar-refractivity contribution in [2.45, 2.75) is 11.3 Å². The van der Waals surface area contributed by atoms with Gasteiger partial charge in [0.2, 0.25) is 5.91 Å². The second kappa shape index (κ2) is 10.5. The van der Waals surface area contributed by atoms with Gasteiger partial charge in [-0.05, 0) is 42.5 Å². The van der Waals surface area contributed by atoms with Crippen molar-refractivity contribution in [3.8, 4) is 22.8 Å². The zero-order valence-corrected chi connectivity index (χ0v) is 18.2. The standard InChI is InChI=1S/C21H21F3N4O3S/c1-30-11-10-25-18(29)13-32-20-27-26-19(14-6-8-17(31-2)9-7-14)28(20)16-5-3-4-15(12-16)21(22,23)24/h3-9,12H,10-11,13H2,1-2H3,(H,25,29). The number of hydrogen-bond donors (Lipinski definition) is 1. The highest BCUT2D eigenvalue weighted by Crippen LogP contribution is 2.33. The second-order valence-corrected chi connectivity index (χ2v) is 7.49. The minimum absolute atomic E-state index is 0.0173. The lowest BCUT2D eigenvalue weighted by Crippen LogP contribution is -2.28. The van der Waals surface area contributed by atoms with Crippen molar-refractivity contribution < 1.29 is 27.4 Å². The van der Waals surface area contributed by atoms with E-state index < -0.39 is 11.7 Å². The van der Waals surface area contributed by atoms with E-state index in [4.69, 9.17) is 9.47 Å². The molecule has 1 aromatic heterocycles. The molecule has 7 nitrogen and oxygen atoms in total. The highest BCUT2D eigenvalue weighted by molar-refractivity contribution is 7.99. The minimum atomic E-state index is -4.50. The summed E-state index contributed by atoms with van der Waals surface area (Å²) >= 11 is 1.08. The van der Waals surface area contributed by atoms with Crippen molar-refractivity contribution in [1.29, 1.82) is 0 Å². The van der Waals surface area contributed by atoms with Gasteiger partial charge in [0.05, 0.1) is 30.7 Å². The molecule has 0 radical (unpaired) electrons. The predicted octanol–water partition coefficient (Wildman–Crippen LogP) is 3.82. The number of hydrogen-bond acceptors (Lipinski definition) is 6. The maximum Gasteiger partial charge on any atom is 0.416 e. The quantitative estimate of drug-likeness (QED) is 0.382. The Labute approximate surface area is 186 Å². The van der Waals surface area contributed by atoms with Crippen LogP contribution in [0.2, 0.25) is 0 Å². The fourth-order valence-electron chi connectivity index (χ4n) is 2.82.